The van der Waals surface area contributed by atoms with Crippen LogP contribution in [0.15, 0.2) is 18.2 Å². The van der Waals surface area contributed by atoms with E-state index in [0.29, 0.717) is 31.9 Å². The molecule has 1 amide bonds. The van der Waals surface area contributed by atoms with Gasteiger partial charge >= 0.3 is 0 Å². The Balaban J connectivity index is 2.08. The predicted molar refractivity (Wildman–Crippen MR) is 69.0 cm³/mol. The monoisotopic (exact) mass is 262 g/mol. The summed E-state index contributed by atoms with van der Waals surface area (Å²) in [6, 6.07) is 6.52. The first-order chi connectivity index (χ1) is 9.11. The third-order valence-electron chi connectivity index (χ3n) is 3.20. The molecule has 1 aromatic carbocycles. The lowest BCUT2D eigenvalue weighted by Crippen LogP contribution is -2.49. The molecule has 2 rings (SSSR count). The number of rotatable bonds is 3. The molecule has 0 aliphatic carbocycles. The summed E-state index contributed by atoms with van der Waals surface area (Å²) in [5.74, 6) is -0.850. The van der Waals surface area contributed by atoms with E-state index < -0.39 is 5.82 Å². The van der Waals surface area contributed by atoms with Crippen molar-refractivity contribution in [1.29, 1.82) is 5.26 Å². The van der Waals surface area contributed by atoms with Crippen LogP contribution in [-0.2, 0) is 4.79 Å². The molecule has 19 heavy (non-hydrogen) atoms. The summed E-state index contributed by atoms with van der Waals surface area (Å²) in [5, 5.41) is 9.01. The fraction of sp³-hybridized carbons (Fsp3) is 0.385. The van der Waals surface area contributed by atoms with Gasteiger partial charge in [0.1, 0.15) is 17.4 Å². The van der Waals surface area contributed by atoms with E-state index in [0.717, 1.165) is 0 Å². The number of halogens is 1. The highest BCUT2D eigenvalue weighted by atomic mass is 19.1. The van der Waals surface area contributed by atoms with Crippen LogP contribution >= 0.6 is 0 Å². The van der Waals surface area contributed by atoms with E-state index in [9.17, 15) is 9.18 Å². The largest absolute Gasteiger partial charge is 0.369 e. The van der Waals surface area contributed by atoms with Crippen LogP contribution in [0.1, 0.15) is 5.56 Å². The van der Waals surface area contributed by atoms with Gasteiger partial charge in [0.05, 0.1) is 12.2 Å². The van der Waals surface area contributed by atoms with Gasteiger partial charge in [-0.2, -0.15) is 5.26 Å². The van der Waals surface area contributed by atoms with Gasteiger partial charge in [-0.05, 0) is 12.1 Å². The first-order valence-corrected chi connectivity index (χ1v) is 6.06. The Bertz CT molecular complexity index is 518. The lowest BCUT2D eigenvalue weighted by atomic mass is 10.1. The number of carbonyl (C=O) groups is 1. The number of carbonyl (C=O) groups excluding carboxylic acids is 1. The van der Waals surface area contributed by atoms with Crippen molar-refractivity contribution in [2.75, 3.05) is 37.6 Å². The molecule has 1 saturated heterocycles. The average molecular weight is 262 g/mol. The Hall–Kier alpha value is -2.13. The molecule has 2 N–H and O–H groups in total. The van der Waals surface area contributed by atoms with Gasteiger partial charge in [0.2, 0.25) is 5.91 Å². The van der Waals surface area contributed by atoms with E-state index in [1.807, 2.05) is 15.9 Å². The van der Waals surface area contributed by atoms with Crippen LogP contribution in [0.4, 0.5) is 10.1 Å². The van der Waals surface area contributed by atoms with Gasteiger partial charge in [-0.3, -0.25) is 9.69 Å². The molecule has 0 aromatic heterocycles. The Morgan fingerprint density at radius 3 is 2.63 bits per heavy atom. The van der Waals surface area contributed by atoms with Crippen molar-refractivity contribution in [2.45, 2.75) is 0 Å². The second kappa shape index (κ2) is 5.67. The molecule has 0 bridgehead atoms. The molecule has 0 unspecified atom stereocenters. The Morgan fingerprint density at radius 2 is 2.05 bits per heavy atom. The van der Waals surface area contributed by atoms with Crippen LogP contribution in [0.25, 0.3) is 0 Å². The lowest BCUT2D eigenvalue weighted by Gasteiger charge is -2.35. The van der Waals surface area contributed by atoms with Crippen LogP contribution < -0.4 is 10.6 Å². The van der Waals surface area contributed by atoms with E-state index in [2.05, 4.69) is 0 Å². The zero-order chi connectivity index (χ0) is 13.8. The summed E-state index contributed by atoms with van der Waals surface area (Å²) in [6.45, 7) is 2.87. The van der Waals surface area contributed by atoms with E-state index in [4.69, 9.17) is 11.0 Å². The maximum atomic E-state index is 13.5. The SMILES string of the molecule is N#Cc1c(F)cccc1N1CCN(CC(N)=O)CC1. The van der Waals surface area contributed by atoms with Gasteiger partial charge in [0.15, 0.2) is 0 Å². The zero-order valence-corrected chi connectivity index (χ0v) is 10.5. The molecular formula is C13H15FN4O. The summed E-state index contributed by atoms with van der Waals surface area (Å²) in [7, 11) is 0. The summed E-state index contributed by atoms with van der Waals surface area (Å²) < 4.78 is 13.5. The predicted octanol–water partition coefficient (Wildman–Crippen LogP) is 0.305. The molecular weight excluding hydrogens is 247 g/mol. The number of primary amides is 1. The van der Waals surface area contributed by atoms with Crippen LogP contribution in [-0.4, -0.2) is 43.5 Å². The number of piperazine rings is 1. The first kappa shape index (κ1) is 13.3. The summed E-state index contributed by atoms with van der Waals surface area (Å²) in [4.78, 5) is 14.7. The highest BCUT2D eigenvalue weighted by Gasteiger charge is 2.21. The van der Waals surface area contributed by atoms with Crippen molar-refractivity contribution in [3.05, 3.63) is 29.6 Å². The number of nitrogens with zero attached hydrogens (tertiary/aromatic N) is 3. The van der Waals surface area contributed by atoms with Gasteiger partial charge in [-0.25, -0.2) is 4.39 Å². The molecule has 0 radical (unpaired) electrons. The van der Waals surface area contributed by atoms with Crippen LogP contribution in [0, 0.1) is 17.1 Å². The number of amides is 1. The molecule has 1 aliphatic rings. The smallest absolute Gasteiger partial charge is 0.231 e. The molecule has 0 spiro atoms. The molecule has 5 nitrogen and oxygen atoms in total. The Morgan fingerprint density at radius 1 is 1.37 bits per heavy atom. The van der Waals surface area contributed by atoms with Crippen molar-refractivity contribution in [3.8, 4) is 6.07 Å². The Kier molecular flexibility index (Phi) is 3.97. The normalized spacial score (nSPS) is 16.1. The third kappa shape index (κ3) is 3.01. The van der Waals surface area contributed by atoms with Gasteiger partial charge in [-0.1, -0.05) is 6.07 Å². The molecule has 1 fully saturated rings. The van der Waals surface area contributed by atoms with E-state index >= 15 is 0 Å². The highest BCUT2D eigenvalue weighted by molar-refractivity contribution is 5.76. The van der Waals surface area contributed by atoms with Crippen molar-refractivity contribution in [1.82, 2.24) is 4.90 Å². The minimum absolute atomic E-state index is 0.0749. The van der Waals surface area contributed by atoms with E-state index in [1.54, 1.807) is 12.1 Å². The number of nitrogens with two attached hydrogens (primary N) is 1. The summed E-state index contributed by atoms with van der Waals surface area (Å²) in [6.07, 6.45) is 0. The fourth-order valence-electron chi connectivity index (χ4n) is 2.25. The lowest BCUT2D eigenvalue weighted by molar-refractivity contribution is -0.119. The Labute approximate surface area is 111 Å². The van der Waals surface area contributed by atoms with Crippen LogP contribution in [0.5, 0.6) is 0 Å². The minimum atomic E-state index is -0.500. The maximum Gasteiger partial charge on any atom is 0.231 e. The molecule has 1 heterocycles. The van der Waals surface area contributed by atoms with Gasteiger partial charge in [0, 0.05) is 26.2 Å². The maximum absolute atomic E-state index is 13.5. The quantitative estimate of drug-likeness (QED) is 0.850. The summed E-state index contributed by atoms with van der Waals surface area (Å²) >= 11 is 0. The standard InChI is InChI=1S/C13H15FN4O/c14-11-2-1-3-12(10(11)8-15)18-6-4-17(5-7-18)9-13(16)19/h1-3H,4-7,9H2,(H2,16,19). The topological polar surface area (TPSA) is 73.4 Å². The van der Waals surface area contributed by atoms with Crippen LogP contribution in [0.2, 0.25) is 0 Å². The third-order valence-corrected chi connectivity index (χ3v) is 3.20. The molecule has 6 heteroatoms. The van der Waals surface area contributed by atoms with Crippen molar-refractivity contribution in [2.24, 2.45) is 5.73 Å². The van der Waals surface area contributed by atoms with Gasteiger partial charge in [0.25, 0.3) is 0 Å². The second-order valence-corrected chi connectivity index (χ2v) is 4.48. The van der Waals surface area contributed by atoms with Crippen molar-refractivity contribution in [3.63, 3.8) is 0 Å². The first-order valence-electron chi connectivity index (χ1n) is 6.06. The zero-order valence-electron chi connectivity index (χ0n) is 10.5. The molecule has 100 valence electrons. The summed E-state index contributed by atoms with van der Waals surface area (Å²) in [5.41, 5.74) is 5.83. The van der Waals surface area contributed by atoms with Gasteiger partial charge < -0.3 is 10.6 Å². The minimum Gasteiger partial charge on any atom is -0.369 e. The molecule has 1 aromatic rings. The molecule has 1 aliphatic heterocycles. The average Bonchev–Trinajstić information content (AvgIpc) is 2.38. The number of nitriles is 1. The number of hydrogen-bond donors (Lipinski definition) is 1. The number of benzene rings is 1. The van der Waals surface area contributed by atoms with Crippen molar-refractivity contribution >= 4 is 11.6 Å². The molecule has 0 saturated carbocycles. The van der Waals surface area contributed by atoms with Crippen LogP contribution in [0.3, 0.4) is 0 Å². The van der Waals surface area contributed by atoms with Crippen molar-refractivity contribution < 1.29 is 9.18 Å². The van der Waals surface area contributed by atoms with E-state index in [-0.39, 0.29) is 18.0 Å². The number of anilines is 1. The number of hydrogen-bond acceptors (Lipinski definition) is 4. The van der Waals surface area contributed by atoms with E-state index in [1.165, 1.54) is 6.07 Å². The molecule has 0 atom stereocenters. The van der Waals surface area contributed by atoms with Gasteiger partial charge in [-0.15, -0.1) is 0 Å². The fourth-order valence-corrected chi connectivity index (χ4v) is 2.25. The second-order valence-electron chi connectivity index (χ2n) is 4.48. The highest BCUT2D eigenvalue weighted by Crippen LogP contribution is 2.23.